The Hall–Kier alpha value is -0.260. The standard InChI is InChI=1S/C10H16/c1-8-6-7-9-4-2-3-5-10(8)9/h6,9-10H,2-5,7H2,1H3/t9-,10-/m0/s1. The number of rotatable bonds is 0. The van der Waals surface area contributed by atoms with E-state index in [1.807, 2.05) is 0 Å². The van der Waals surface area contributed by atoms with Crippen LogP contribution in [0.15, 0.2) is 11.6 Å². The van der Waals surface area contributed by atoms with E-state index in [1.165, 1.54) is 32.1 Å². The van der Waals surface area contributed by atoms with Gasteiger partial charge in [0, 0.05) is 0 Å². The molecule has 10 heavy (non-hydrogen) atoms. The average Bonchev–Trinajstić information content (AvgIpc) is 2.34. The molecule has 0 aliphatic heterocycles. The van der Waals surface area contributed by atoms with Crippen LogP contribution in [0.4, 0.5) is 0 Å². The summed E-state index contributed by atoms with van der Waals surface area (Å²) in [5.74, 6) is 2.04. The third-order valence-corrected chi connectivity index (χ3v) is 3.24. The predicted molar refractivity (Wildman–Crippen MR) is 43.8 cm³/mol. The maximum absolute atomic E-state index is 2.46. The molecule has 0 saturated heterocycles. The highest BCUT2D eigenvalue weighted by Crippen LogP contribution is 2.41. The Bertz CT molecular complexity index is 155. The van der Waals surface area contributed by atoms with E-state index in [1.54, 1.807) is 5.57 Å². The van der Waals surface area contributed by atoms with E-state index in [9.17, 15) is 0 Å². The number of hydrogen-bond acceptors (Lipinski definition) is 0. The van der Waals surface area contributed by atoms with Crippen molar-refractivity contribution in [3.8, 4) is 0 Å². The van der Waals surface area contributed by atoms with Crippen molar-refractivity contribution < 1.29 is 0 Å². The van der Waals surface area contributed by atoms with E-state index < -0.39 is 0 Å². The summed E-state index contributed by atoms with van der Waals surface area (Å²) in [5.41, 5.74) is 1.68. The molecule has 0 unspecified atom stereocenters. The second-order valence-electron chi connectivity index (χ2n) is 3.83. The van der Waals surface area contributed by atoms with Gasteiger partial charge in [-0.3, -0.25) is 0 Å². The van der Waals surface area contributed by atoms with Gasteiger partial charge >= 0.3 is 0 Å². The molecule has 0 aromatic carbocycles. The van der Waals surface area contributed by atoms with E-state index in [4.69, 9.17) is 0 Å². The molecule has 2 aliphatic carbocycles. The van der Waals surface area contributed by atoms with Gasteiger partial charge in [-0.2, -0.15) is 0 Å². The minimum Gasteiger partial charge on any atom is -0.0850 e. The van der Waals surface area contributed by atoms with Crippen molar-refractivity contribution in [1.82, 2.24) is 0 Å². The third-order valence-electron chi connectivity index (χ3n) is 3.24. The lowest BCUT2D eigenvalue weighted by Gasteiger charge is -2.26. The number of fused-ring (bicyclic) bond motifs is 1. The van der Waals surface area contributed by atoms with Crippen molar-refractivity contribution in [1.29, 1.82) is 0 Å². The molecule has 1 fully saturated rings. The highest BCUT2D eigenvalue weighted by Gasteiger charge is 2.28. The van der Waals surface area contributed by atoms with Crippen LogP contribution < -0.4 is 0 Å². The number of allylic oxidation sites excluding steroid dienone is 2. The monoisotopic (exact) mass is 136 g/mol. The van der Waals surface area contributed by atoms with Crippen LogP contribution in [0.25, 0.3) is 0 Å². The van der Waals surface area contributed by atoms with E-state index in [-0.39, 0.29) is 0 Å². The van der Waals surface area contributed by atoms with Crippen LogP contribution in [0.2, 0.25) is 0 Å². The Kier molecular flexibility index (Phi) is 1.55. The Morgan fingerprint density at radius 3 is 2.90 bits per heavy atom. The van der Waals surface area contributed by atoms with Gasteiger partial charge in [0.05, 0.1) is 0 Å². The van der Waals surface area contributed by atoms with Gasteiger partial charge in [0.15, 0.2) is 0 Å². The molecular weight excluding hydrogens is 120 g/mol. The van der Waals surface area contributed by atoms with Gasteiger partial charge in [-0.1, -0.05) is 24.5 Å². The summed E-state index contributed by atoms with van der Waals surface area (Å²) >= 11 is 0. The molecular formula is C10H16. The Morgan fingerprint density at radius 2 is 2.10 bits per heavy atom. The van der Waals surface area contributed by atoms with Crippen LogP contribution in [0, 0.1) is 11.8 Å². The van der Waals surface area contributed by atoms with Crippen molar-refractivity contribution in [3.05, 3.63) is 11.6 Å². The minimum absolute atomic E-state index is 0.994. The van der Waals surface area contributed by atoms with Crippen LogP contribution in [0.5, 0.6) is 0 Å². The van der Waals surface area contributed by atoms with Crippen molar-refractivity contribution in [2.45, 2.75) is 39.0 Å². The van der Waals surface area contributed by atoms with Crippen LogP contribution in [0.3, 0.4) is 0 Å². The SMILES string of the molecule is CC1=CC[C@@H]2CCCC[C@@H]12. The second kappa shape index (κ2) is 2.41. The van der Waals surface area contributed by atoms with Crippen molar-refractivity contribution >= 4 is 0 Å². The van der Waals surface area contributed by atoms with Gasteiger partial charge in [-0.05, 0) is 38.0 Å². The molecule has 0 aromatic heterocycles. The topological polar surface area (TPSA) is 0 Å². The zero-order valence-corrected chi connectivity index (χ0v) is 6.77. The average molecular weight is 136 g/mol. The quantitative estimate of drug-likeness (QED) is 0.449. The molecule has 1 saturated carbocycles. The Labute approximate surface area is 63.3 Å². The van der Waals surface area contributed by atoms with E-state index in [2.05, 4.69) is 13.0 Å². The first kappa shape index (κ1) is 6.45. The highest BCUT2D eigenvalue weighted by atomic mass is 14.3. The summed E-state index contributed by atoms with van der Waals surface area (Å²) in [6.45, 7) is 2.32. The first-order valence-corrected chi connectivity index (χ1v) is 4.54. The van der Waals surface area contributed by atoms with Crippen LogP contribution >= 0.6 is 0 Å². The summed E-state index contributed by atoms with van der Waals surface area (Å²) in [6, 6.07) is 0. The van der Waals surface area contributed by atoms with Gasteiger partial charge in [-0.25, -0.2) is 0 Å². The molecule has 0 nitrogen and oxygen atoms in total. The fraction of sp³-hybridized carbons (Fsp3) is 0.800. The Morgan fingerprint density at radius 1 is 1.30 bits per heavy atom. The maximum Gasteiger partial charge on any atom is -0.0175 e. The first-order valence-electron chi connectivity index (χ1n) is 4.54. The zero-order valence-electron chi connectivity index (χ0n) is 6.77. The zero-order chi connectivity index (χ0) is 6.97. The molecule has 2 rings (SSSR count). The lowest BCUT2D eigenvalue weighted by Crippen LogP contribution is -2.15. The summed E-state index contributed by atoms with van der Waals surface area (Å²) in [4.78, 5) is 0. The highest BCUT2D eigenvalue weighted by molar-refractivity contribution is 5.13. The summed E-state index contributed by atoms with van der Waals surface area (Å²) in [5, 5.41) is 0. The number of hydrogen-bond donors (Lipinski definition) is 0. The normalized spacial score (nSPS) is 39.1. The Balaban J connectivity index is 2.08. The predicted octanol–water partition coefficient (Wildman–Crippen LogP) is 3.14. The van der Waals surface area contributed by atoms with Gasteiger partial charge in [0.25, 0.3) is 0 Å². The van der Waals surface area contributed by atoms with E-state index >= 15 is 0 Å². The van der Waals surface area contributed by atoms with Crippen molar-refractivity contribution in [2.75, 3.05) is 0 Å². The fourth-order valence-electron chi connectivity index (χ4n) is 2.58. The lowest BCUT2D eigenvalue weighted by molar-refractivity contribution is 0.294. The van der Waals surface area contributed by atoms with Crippen LogP contribution in [-0.2, 0) is 0 Å². The third kappa shape index (κ3) is 0.902. The van der Waals surface area contributed by atoms with Gasteiger partial charge in [-0.15, -0.1) is 0 Å². The molecule has 56 valence electrons. The molecule has 0 heteroatoms. The van der Waals surface area contributed by atoms with Crippen LogP contribution in [-0.4, -0.2) is 0 Å². The van der Waals surface area contributed by atoms with Gasteiger partial charge < -0.3 is 0 Å². The molecule has 2 atom stereocenters. The van der Waals surface area contributed by atoms with Crippen molar-refractivity contribution in [3.63, 3.8) is 0 Å². The molecule has 0 radical (unpaired) electrons. The van der Waals surface area contributed by atoms with Crippen molar-refractivity contribution in [2.24, 2.45) is 11.8 Å². The molecule has 0 aromatic rings. The summed E-state index contributed by atoms with van der Waals surface area (Å²) < 4.78 is 0. The first-order chi connectivity index (χ1) is 4.88. The van der Waals surface area contributed by atoms with E-state index in [0.717, 1.165) is 11.8 Å². The molecule has 0 bridgehead atoms. The molecule has 2 aliphatic rings. The van der Waals surface area contributed by atoms with Crippen LogP contribution in [0.1, 0.15) is 39.0 Å². The molecule has 0 spiro atoms. The smallest absolute Gasteiger partial charge is 0.0175 e. The summed E-state index contributed by atoms with van der Waals surface area (Å²) in [6.07, 6.45) is 9.79. The molecule has 0 N–H and O–H groups in total. The molecule has 0 heterocycles. The fourth-order valence-corrected chi connectivity index (χ4v) is 2.58. The van der Waals surface area contributed by atoms with E-state index in [0.29, 0.717) is 0 Å². The second-order valence-corrected chi connectivity index (χ2v) is 3.83. The minimum atomic E-state index is 0.994. The van der Waals surface area contributed by atoms with Gasteiger partial charge in [0.1, 0.15) is 0 Å². The summed E-state index contributed by atoms with van der Waals surface area (Å²) in [7, 11) is 0. The van der Waals surface area contributed by atoms with Gasteiger partial charge in [0.2, 0.25) is 0 Å². The molecule has 0 amide bonds. The largest absolute Gasteiger partial charge is 0.0850 e. The maximum atomic E-state index is 2.46. The lowest BCUT2D eigenvalue weighted by atomic mass is 9.79.